The van der Waals surface area contributed by atoms with Crippen molar-refractivity contribution in [3.63, 3.8) is 0 Å². The Hall–Kier alpha value is -2.47. The molecule has 0 spiro atoms. The van der Waals surface area contributed by atoms with Crippen LogP contribution in [0.2, 0.25) is 0 Å². The molecule has 7 heteroatoms. The van der Waals surface area contributed by atoms with Gasteiger partial charge in [0.15, 0.2) is 11.5 Å². The van der Waals surface area contributed by atoms with Gasteiger partial charge in [0.05, 0.1) is 15.1 Å². The summed E-state index contributed by atoms with van der Waals surface area (Å²) < 4.78 is 12.1. The molecule has 0 aliphatic rings. The standard InChI is InChI=1S/C18H17IN2O4/c1-3-8-25-18-16(19)9-13(10-17(18)24-4-2)12-20-14-6-5-7-15(11-14)21(22)23/h1,5-7,9-11,20H,4,8,12H2,2H3. The molecule has 0 amide bonds. The van der Waals surface area contributed by atoms with E-state index in [1.54, 1.807) is 12.1 Å². The van der Waals surface area contributed by atoms with Crippen molar-refractivity contribution in [3.8, 4) is 23.8 Å². The molecule has 130 valence electrons. The zero-order valence-electron chi connectivity index (χ0n) is 13.6. The Morgan fingerprint density at radius 3 is 2.80 bits per heavy atom. The first kappa shape index (κ1) is 18.9. The molecule has 0 radical (unpaired) electrons. The predicted molar refractivity (Wildman–Crippen MR) is 105 cm³/mol. The SMILES string of the molecule is C#CCOc1c(I)cc(CNc2cccc([N+](=O)[O-])c2)cc1OCC. The van der Waals surface area contributed by atoms with Crippen LogP contribution in [0.1, 0.15) is 12.5 Å². The van der Waals surface area contributed by atoms with Gasteiger partial charge in [0, 0.05) is 24.4 Å². The number of rotatable bonds is 8. The van der Waals surface area contributed by atoms with Crippen molar-refractivity contribution in [1.82, 2.24) is 0 Å². The highest BCUT2D eigenvalue weighted by atomic mass is 127. The Kier molecular flexibility index (Phi) is 6.89. The molecule has 2 rings (SSSR count). The Labute approximate surface area is 159 Å². The highest BCUT2D eigenvalue weighted by molar-refractivity contribution is 14.1. The maximum atomic E-state index is 10.8. The maximum absolute atomic E-state index is 10.8. The van der Waals surface area contributed by atoms with Gasteiger partial charge in [0.1, 0.15) is 6.61 Å². The fourth-order valence-corrected chi connectivity index (χ4v) is 3.00. The van der Waals surface area contributed by atoms with Crippen LogP contribution in [0.25, 0.3) is 0 Å². The molecule has 0 heterocycles. The van der Waals surface area contributed by atoms with Gasteiger partial charge in [0.2, 0.25) is 0 Å². The van der Waals surface area contributed by atoms with E-state index in [0.29, 0.717) is 30.3 Å². The van der Waals surface area contributed by atoms with E-state index in [2.05, 4.69) is 33.8 Å². The van der Waals surface area contributed by atoms with Gasteiger partial charge in [-0.15, -0.1) is 6.42 Å². The quantitative estimate of drug-likeness (QED) is 0.281. The van der Waals surface area contributed by atoms with E-state index in [-0.39, 0.29) is 12.3 Å². The van der Waals surface area contributed by atoms with Crippen LogP contribution in [-0.2, 0) is 6.54 Å². The molecule has 0 aliphatic carbocycles. The molecule has 0 atom stereocenters. The van der Waals surface area contributed by atoms with Crippen molar-refractivity contribution in [1.29, 1.82) is 0 Å². The Bertz CT molecular complexity index is 802. The first-order chi connectivity index (χ1) is 12.0. The largest absolute Gasteiger partial charge is 0.490 e. The van der Waals surface area contributed by atoms with Crippen LogP contribution in [0.5, 0.6) is 11.5 Å². The minimum atomic E-state index is -0.418. The van der Waals surface area contributed by atoms with E-state index < -0.39 is 4.92 Å². The highest BCUT2D eigenvalue weighted by Crippen LogP contribution is 2.34. The van der Waals surface area contributed by atoms with E-state index in [9.17, 15) is 10.1 Å². The maximum Gasteiger partial charge on any atom is 0.271 e. The van der Waals surface area contributed by atoms with Gasteiger partial charge < -0.3 is 14.8 Å². The molecule has 1 N–H and O–H groups in total. The number of nitro benzene ring substituents is 1. The second kappa shape index (κ2) is 9.13. The summed E-state index contributed by atoms with van der Waals surface area (Å²) in [5.41, 5.74) is 1.69. The third-order valence-corrected chi connectivity index (χ3v) is 4.02. The number of hydrogen-bond donors (Lipinski definition) is 1. The highest BCUT2D eigenvalue weighted by Gasteiger charge is 2.12. The lowest BCUT2D eigenvalue weighted by Crippen LogP contribution is -2.05. The monoisotopic (exact) mass is 452 g/mol. The van der Waals surface area contributed by atoms with Crippen molar-refractivity contribution in [2.75, 3.05) is 18.5 Å². The topological polar surface area (TPSA) is 73.6 Å². The third-order valence-electron chi connectivity index (χ3n) is 3.22. The lowest BCUT2D eigenvalue weighted by Gasteiger charge is -2.15. The molecule has 2 aromatic rings. The number of nitro groups is 1. The summed E-state index contributed by atoms with van der Waals surface area (Å²) in [6.07, 6.45) is 5.25. The molecule has 0 aliphatic heterocycles. The molecular weight excluding hydrogens is 435 g/mol. The number of anilines is 1. The van der Waals surface area contributed by atoms with Crippen molar-refractivity contribution >= 4 is 34.0 Å². The summed E-state index contributed by atoms with van der Waals surface area (Å²) in [5, 5.41) is 14.0. The fourth-order valence-electron chi connectivity index (χ4n) is 2.17. The van der Waals surface area contributed by atoms with E-state index >= 15 is 0 Å². The van der Waals surface area contributed by atoms with E-state index in [0.717, 1.165) is 9.13 Å². The predicted octanol–water partition coefficient (Wildman–Crippen LogP) is 4.22. The molecule has 0 fully saturated rings. The first-order valence-corrected chi connectivity index (χ1v) is 8.62. The van der Waals surface area contributed by atoms with E-state index in [4.69, 9.17) is 15.9 Å². The van der Waals surface area contributed by atoms with Crippen LogP contribution in [0.15, 0.2) is 36.4 Å². The van der Waals surface area contributed by atoms with Crippen LogP contribution in [0.3, 0.4) is 0 Å². The van der Waals surface area contributed by atoms with Crippen molar-refractivity contribution < 1.29 is 14.4 Å². The summed E-state index contributed by atoms with van der Waals surface area (Å²) in [4.78, 5) is 10.4. The molecule has 0 unspecified atom stereocenters. The second-order valence-corrected chi connectivity index (χ2v) is 6.15. The number of halogens is 1. The minimum Gasteiger partial charge on any atom is -0.490 e. The number of ether oxygens (including phenoxy) is 2. The molecule has 6 nitrogen and oxygen atoms in total. The summed E-state index contributed by atoms with van der Waals surface area (Å²) >= 11 is 2.17. The molecule has 0 aromatic heterocycles. The normalized spacial score (nSPS) is 9.96. The average molecular weight is 452 g/mol. The van der Waals surface area contributed by atoms with Crippen molar-refractivity contribution in [3.05, 3.63) is 55.6 Å². The fraction of sp³-hybridized carbons (Fsp3) is 0.222. The van der Waals surface area contributed by atoms with Gasteiger partial charge in [-0.1, -0.05) is 12.0 Å². The molecule has 0 bridgehead atoms. The van der Waals surface area contributed by atoms with Gasteiger partial charge in [0.25, 0.3) is 5.69 Å². The van der Waals surface area contributed by atoms with Crippen LogP contribution >= 0.6 is 22.6 Å². The molecular formula is C18H17IN2O4. The van der Waals surface area contributed by atoms with Crippen LogP contribution < -0.4 is 14.8 Å². The number of hydrogen-bond acceptors (Lipinski definition) is 5. The van der Waals surface area contributed by atoms with Gasteiger partial charge in [-0.05, 0) is 53.3 Å². The Balaban J connectivity index is 2.18. The zero-order valence-corrected chi connectivity index (χ0v) is 15.8. The third kappa shape index (κ3) is 5.26. The summed E-state index contributed by atoms with van der Waals surface area (Å²) in [6, 6.07) is 10.2. The van der Waals surface area contributed by atoms with Crippen LogP contribution in [0, 0.1) is 26.0 Å². The Morgan fingerprint density at radius 2 is 2.12 bits per heavy atom. The number of nitrogens with one attached hydrogen (secondary N) is 1. The number of terminal acetylenes is 1. The van der Waals surface area contributed by atoms with Crippen LogP contribution in [0.4, 0.5) is 11.4 Å². The lowest BCUT2D eigenvalue weighted by atomic mass is 10.2. The number of non-ortho nitro benzene ring substituents is 1. The smallest absolute Gasteiger partial charge is 0.271 e. The summed E-state index contributed by atoms with van der Waals surface area (Å²) in [7, 11) is 0. The summed E-state index contributed by atoms with van der Waals surface area (Å²) in [6.45, 7) is 3.06. The Morgan fingerprint density at radius 1 is 1.32 bits per heavy atom. The first-order valence-electron chi connectivity index (χ1n) is 7.55. The van der Waals surface area contributed by atoms with E-state index in [1.165, 1.54) is 12.1 Å². The van der Waals surface area contributed by atoms with Gasteiger partial charge >= 0.3 is 0 Å². The summed E-state index contributed by atoms with van der Waals surface area (Å²) in [5.74, 6) is 3.69. The number of benzene rings is 2. The second-order valence-electron chi connectivity index (χ2n) is 4.99. The van der Waals surface area contributed by atoms with E-state index in [1.807, 2.05) is 19.1 Å². The van der Waals surface area contributed by atoms with Gasteiger partial charge in [-0.2, -0.15) is 0 Å². The number of nitrogens with zero attached hydrogens (tertiary/aromatic N) is 1. The van der Waals surface area contributed by atoms with Gasteiger partial charge in [-0.25, -0.2) is 0 Å². The molecule has 0 saturated heterocycles. The zero-order chi connectivity index (χ0) is 18.2. The van der Waals surface area contributed by atoms with Crippen LogP contribution in [-0.4, -0.2) is 18.1 Å². The minimum absolute atomic E-state index is 0.0487. The lowest BCUT2D eigenvalue weighted by molar-refractivity contribution is -0.384. The molecule has 2 aromatic carbocycles. The average Bonchev–Trinajstić information content (AvgIpc) is 2.60. The van der Waals surface area contributed by atoms with Crippen molar-refractivity contribution in [2.24, 2.45) is 0 Å². The molecule has 0 saturated carbocycles. The van der Waals surface area contributed by atoms with Gasteiger partial charge in [-0.3, -0.25) is 10.1 Å². The van der Waals surface area contributed by atoms with Crippen molar-refractivity contribution in [2.45, 2.75) is 13.5 Å². The molecule has 25 heavy (non-hydrogen) atoms.